The number of carbonyl (C=O) groups is 2. The number of anilines is 1. The third-order valence-corrected chi connectivity index (χ3v) is 7.05. The number of fused-ring (bicyclic) bond motifs is 1. The van der Waals surface area contributed by atoms with E-state index in [1.807, 2.05) is 31.2 Å². The zero-order valence-electron chi connectivity index (χ0n) is 21.0. The number of aliphatic hydroxyl groups is 1. The summed E-state index contributed by atoms with van der Waals surface area (Å²) < 4.78 is 16.6. The number of aliphatic hydroxyl groups excluding tert-OH is 1. The van der Waals surface area contributed by atoms with Gasteiger partial charge in [-0.05, 0) is 46.6 Å². The lowest BCUT2D eigenvalue weighted by Crippen LogP contribution is -2.30. The van der Waals surface area contributed by atoms with Gasteiger partial charge in [-0.1, -0.05) is 29.8 Å². The summed E-state index contributed by atoms with van der Waals surface area (Å²) >= 11 is 3.42. The number of nitrogens with zero attached hydrogens (tertiary/aromatic N) is 2. The van der Waals surface area contributed by atoms with Crippen LogP contribution in [-0.2, 0) is 9.59 Å². The van der Waals surface area contributed by atoms with Crippen molar-refractivity contribution in [2.24, 2.45) is 0 Å². The Morgan fingerprint density at radius 3 is 2.34 bits per heavy atom. The van der Waals surface area contributed by atoms with Crippen molar-refractivity contribution in [1.82, 2.24) is 9.97 Å². The smallest absolute Gasteiger partial charge is 0.302 e. The van der Waals surface area contributed by atoms with Crippen LogP contribution in [0.3, 0.4) is 0 Å². The number of amides is 1. The summed E-state index contributed by atoms with van der Waals surface area (Å²) in [6.07, 6.45) is 0. The second-order valence-corrected chi connectivity index (χ2v) is 9.57. The van der Waals surface area contributed by atoms with E-state index >= 15 is 0 Å². The zero-order chi connectivity index (χ0) is 27.1. The van der Waals surface area contributed by atoms with Crippen molar-refractivity contribution < 1.29 is 28.9 Å². The summed E-state index contributed by atoms with van der Waals surface area (Å²) in [6.45, 7) is 1.91. The molecule has 3 aromatic carbocycles. The van der Waals surface area contributed by atoms with Gasteiger partial charge in [-0.15, -0.1) is 0 Å². The average molecular weight is 578 g/mol. The summed E-state index contributed by atoms with van der Waals surface area (Å²) in [5.74, 6) is -0.275. The molecule has 4 aromatic rings. The molecule has 1 unspecified atom stereocenters. The van der Waals surface area contributed by atoms with Crippen LogP contribution in [0.4, 0.5) is 5.95 Å². The van der Waals surface area contributed by atoms with E-state index in [0.29, 0.717) is 43.9 Å². The van der Waals surface area contributed by atoms with Gasteiger partial charge in [-0.25, -0.2) is 4.98 Å². The molecule has 38 heavy (non-hydrogen) atoms. The minimum Gasteiger partial charge on any atom is -0.507 e. The fourth-order valence-corrected chi connectivity index (χ4v) is 5.15. The normalized spacial score (nSPS) is 16.8. The predicted octanol–water partition coefficient (Wildman–Crippen LogP) is 5.29. The highest BCUT2D eigenvalue weighted by molar-refractivity contribution is 9.10. The molecule has 1 fully saturated rings. The largest absolute Gasteiger partial charge is 0.507 e. The molecule has 0 saturated carbocycles. The number of hydrogen-bond donors (Lipinski definition) is 2. The molecule has 0 aliphatic carbocycles. The average Bonchev–Trinajstić information content (AvgIpc) is 3.44. The molecule has 1 amide bonds. The molecule has 0 spiro atoms. The molecule has 1 saturated heterocycles. The van der Waals surface area contributed by atoms with Crippen LogP contribution >= 0.6 is 15.9 Å². The maximum atomic E-state index is 13.5. The SMILES string of the molecule is COc1ccc(/C(O)=C2\C(=O)C(=O)N(c3nc4cc(OC)c(OC)cc4[nH]3)C2c2cccc(C)c2)cc1Br. The van der Waals surface area contributed by atoms with Crippen molar-refractivity contribution in [2.45, 2.75) is 13.0 Å². The van der Waals surface area contributed by atoms with Crippen LogP contribution in [0, 0.1) is 6.92 Å². The molecule has 1 atom stereocenters. The number of hydrogen-bond acceptors (Lipinski definition) is 7. The Balaban J connectivity index is 1.72. The quantitative estimate of drug-likeness (QED) is 0.182. The molecular weight excluding hydrogens is 554 g/mol. The number of ether oxygens (including phenoxy) is 3. The number of halogens is 1. The maximum absolute atomic E-state index is 13.5. The summed E-state index contributed by atoms with van der Waals surface area (Å²) in [7, 11) is 4.57. The number of benzene rings is 3. The Bertz CT molecular complexity index is 1590. The predicted molar refractivity (Wildman–Crippen MR) is 146 cm³/mol. The van der Waals surface area contributed by atoms with Crippen LogP contribution < -0.4 is 19.1 Å². The van der Waals surface area contributed by atoms with Crippen LogP contribution in [0.2, 0.25) is 0 Å². The number of rotatable bonds is 6. The van der Waals surface area contributed by atoms with E-state index in [9.17, 15) is 14.7 Å². The lowest BCUT2D eigenvalue weighted by atomic mass is 9.94. The topological polar surface area (TPSA) is 114 Å². The molecule has 2 heterocycles. The Morgan fingerprint density at radius 1 is 0.974 bits per heavy atom. The van der Waals surface area contributed by atoms with Crippen molar-refractivity contribution in [3.05, 3.63) is 81.3 Å². The standard InChI is InChI=1S/C28H24BrN3O6/c1-14-6-5-7-15(10-14)24-23(25(33)16-8-9-20(36-2)17(29)11-16)26(34)27(35)32(24)28-30-18-12-21(37-3)22(38-4)13-19(18)31-28/h5-13,24,33H,1-4H3,(H,30,31)/b25-23+. The minimum atomic E-state index is -0.930. The molecule has 5 rings (SSSR count). The van der Waals surface area contributed by atoms with Gasteiger partial charge in [0.05, 0.1) is 48.5 Å². The monoisotopic (exact) mass is 577 g/mol. The van der Waals surface area contributed by atoms with Gasteiger partial charge in [0, 0.05) is 17.7 Å². The van der Waals surface area contributed by atoms with Crippen molar-refractivity contribution in [3.63, 3.8) is 0 Å². The fourth-order valence-electron chi connectivity index (χ4n) is 4.61. The number of Topliss-reactive ketones (excluding diaryl/α,β-unsaturated/α-hetero) is 1. The number of aromatic amines is 1. The number of methoxy groups -OCH3 is 3. The van der Waals surface area contributed by atoms with Crippen LogP contribution in [0.1, 0.15) is 22.7 Å². The van der Waals surface area contributed by atoms with E-state index in [1.54, 1.807) is 30.3 Å². The van der Waals surface area contributed by atoms with Crippen LogP contribution in [0.15, 0.2) is 64.6 Å². The number of nitrogens with one attached hydrogen (secondary N) is 1. The maximum Gasteiger partial charge on any atom is 0.302 e. The van der Waals surface area contributed by atoms with Gasteiger partial charge < -0.3 is 24.3 Å². The Hall–Kier alpha value is -4.31. The first kappa shape index (κ1) is 25.3. The highest BCUT2D eigenvalue weighted by atomic mass is 79.9. The lowest BCUT2D eigenvalue weighted by molar-refractivity contribution is -0.132. The van der Waals surface area contributed by atoms with Gasteiger partial charge in [0.15, 0.2) is 11.5 Å². The van der Waals surface area contributed by atoms with Gasteiger partial charge in [0.2, 0.25) is 5.95 Å². The molecule has 194 valence electrons. The fraction of sp³-hybridized carbons (Fsp3) is 0.179. The Morgan fingerprint density at radius 2 is 1.68 bits per heavy atom. The summed E-state index contributed by atoms with van der Waals surface area (Å²) in [4.78, 5) is 36.0. The first-order valence-corrected chi connectivity index (χ1v) is 12.4. The van der Waals surface area contributed by atoms with Crippen LogP contribution in [0.5, 0.6) is 17.2 Å². The van der Waals surface area contributed by atoms with Gasteiger partial charge in [0.25, 0.3) is 5.78 Å². The molecule has 1 aliphatic heterocycles. The van der Waals surface area contributed by atoms with Gasteiger partial charge >= 0.3 is 5.91 Å². The third kappa shape index (κ3) is 4.16. The van der Waals surface area contributed by atoms with Crippen molar-refractivity contribution in [3.8, 4) is 17.2 Å². The summed E-state index contributed by atoms with van der Waals surface area (Å²) in [5, 5.41) is 11.4. The van der Waals surface area contributed by atoms with E-state index in [2.05, 4.69) is 25.9 Å². The molecule has 10 heteroatoms. The van der Waals surface area contributed by atoms with Gasteiger partial charge in [-0.3, -0.25) is 14.5 Å². The Kier molecular flexibility index (Phi) is 6.58. The highest BCUT2D eigenvalue weighted by Crippen LogP contribution is 2.43. The highest BCUT2D eigenvalue weighted by Gasteiger charge is 2.48. The zero-order valence-corrected chi connectivity index (χ0v) is 22.6. The van der Waals surface area contributed by atoms with E-state index in [4.69, 9.17) is 14.2 Å². The summed E-state index contributed by atoms with van der Waals surface area (Å²) in [5.41, 5.74) is 2.98. The van der Waals surface area contributed by atoms with Crippen LogP contribution in [-0.4, -0.2) is 48.1 Å². The number of aromatic nitrogens is 2. The molecular formula is C28H24BrN3O6. The van der Waals surface area contributed by atoms with Gasteiger partial charge in [-0.2, -0.15) is 0 Å². The summed E-state index contributed by atoms with van der Waals surface area (Å²) in [6, 6.07) is 14.8. The Labute approximate surface area is 226 Å². The number of ketones is 1. The third-order valence-electron chi connectivity index (χ3n) is 6.43. The van der Waals surface area contributed by atoms with E-state index < -0.39 is 17.7 Å². The van der Waals surface area contributed by atoms with Crippen molar-refractivity contribution in [1.29, 1.82) is 0 Å². The molecule has 0 bridgehead atoms. The minimum absolute atomic E-state index is 0.0479. The number of H-pyrrole nitrogens is 1. The molecule has 0 radical (unpaired) electrons. The number of aryl methyl sites for hydroxylation is 1. The van der Waals surface area contributed by atoms with Crippen LogP contribution in [0.25, 0.3) is 16.8 Å². The lowest BCUT2D eigenvalue weighted by Gasteiger charge is -2.23. The first-order chi connectivity index (χ1) is 18.3. The van der Waals surface area contributed by atoms with Crippen molar-refractivity contribution in [2.75, 3.05) is 26.2 Å². The molecule has 1 aromatic heterocycles. The second kappa shape index (κ2) is 9.86. The van der Waals surface area contributed by atoms with E-state index in [-0.39, 0.29) is 17.3 Å². The van der Waals surface area contributed by atoms with Gasteiger partial charge in [0.1, 0.15) is 11.5 Å². The first-order valence-electron chi connectivity index (χ1n) is 11.6. The molecule has 9 nitrogen and oxygen atoms in total. The van der Waals surface area contributed by atoms with Crippen molar-refractivity contribution >= 4 is 50.4 Å². The number of imidazole rings is 1. The van der Waals surface area contributed by atoms with E-state index in [1.165, 1.54) is 26.2 Å². The second-order valence-electron chi connectivity index (χ2n) is 8.72. The molecule has 1 aliphatic rings. The van der Waals surface area contributed by atoms with E-state index in [0.717, 1.165) is 5.56 Å². The number of carbonyl (C=O) groups excluding carboxylic acids is 2. The molecule has 2 N–H and O–H groups in total.